The molecule has 0 bridgehead atoms. The van der Waals surface area contributed by atoms with Gasteiger partial charge in [0.25, 0.3) is 11.8 Å². The number of carbonyl (C=O) groups excluding carboxylic acids is 2. The van der Waals surface area contributed by atoms with Gasteiger partial charge in [0, 0.05) is 24.7 Å². The van der Waals surface area contributed by atoms with Gasteiger partial charge in [-0.1, -0.05) is 0 Å². The fourth-order valence-electron chi connectivity index (χ4n) is 4.61. The van der Waals surface area contributed by atoms with Gasteiger partial charge in [-0.2, -0.15) is 13.2 Å². The number of nitrogens with zero attached hydrogens (tertiary/aromatic N) is 3. The number of aliphatic hydroxyl groups is 1. The smallest absolute Gasteiger partial charge is 0.395 e. The van der Waals surface area contributed by atoms with E-state index >= 15 is 0 Å². The number of nitrogen functional groups attached to an aromatic ring is 1. The van der Waals surface area contributed by atoms with Crippen LogP contribution in [0.4, 0.5) is 19.0 Å². The molecule has 1 fully saturated rings. The number of halogens is 3. The summed E-state index contributed by atoms with van der Waals surface area (Å²) in [5.41, 5.74) is 5.34. The predicted molar refractivity (Wildman–Crippen MR) is 120 cm³/mol. The van der Waals surface area contributed by atoms with Gasteiger partial charge in [-0.3, -0.25) is 9.59 Å². The number of rotatable bonds is 6. The Bertz CT molecular complexity index is 1350. The molecule has 1 aliphatic carbocycles. The Balaban J connectivity index is 1.60. The van der Waals surface area contributed by atoms with Crippen LogP contribution in [-0.2, 0) is 12.7 Å². The molecule has 5 rings (SSSR count). The molecule has 5 N–H and O–H groups in total. The molecule has 0 radical (unpaired) electrons. The molecule has 12 heteroatoms. The first-order valence-corrected chi connectivity index (χ1v) is 11.2. The summed E-state index contributed by atoms with van der Waals surface area (Å²) in [4.78, 5) is 38.3. The summed E-state index contributed by atoms with van der Waals surface area (Å²) in [6, 6.07) is 2.29. The van der Waals surface area contributed by atoms with E-state index in [2.05, 4.69) is 20.3 Å². The average molecular weight is 488 g/mol. The van der Waals surface area contributed by atoms with E-state index in [1.807, 2.05) is 6.92 Å². The van der Waals surface area contributed by atoms with Gasteiger partial charge >= 0.3 is 6.18 Å². The van der Waals surface area contributed by atoms with Crippen LogP contribution in [0.15, 0.2) is 18.3 Å². The number of nitrogens with one attached hydrogen (secondary N) is 2. The molecule has 1 saturated carbocycles. The fourth-order valence-corrected chi connectivity index (χ4v) is 4.61. The number of amides is 2. The van der Waals surface area contributed by atoms with Gasteiger partial charge in [0.05, 0.1) is 29.6 Å². The third-order valence-electron chi connectivity index (χ3n) is 6.59. The summed E-state index contributed by atoms with van der Waals surface area (Å²) in [5, 5.41) is 11.4. The molecule has 3 aromatic rings. The number of fused-ring (bicyclic) bond motifs is 2. The Morgan fingerprint density at radius 2 is 2.11 bits per heavy atom. The number of H-pyrrole nitrogens is 1. The van der Waals surface area contributed by atoms with Crippen molar-refractivity contribution < 1.29 is 27.9 Å². The van der Waals surface area contributed by atoms with Crippen LogP contribution >= 0.6 is 0 Å². The summed E-state index contributed by atoms with van der Waals surface area (Å²) < 4.78 is 42.2. The lowest BCUT2D eigenvalue weighted by Crippen LogP contribution is -2.35. The maximum Gasteiger partial charge on any atom is 0.417 e. The Morgan fingerprint density at radius 1 is 1.37 bits per heavy atom. The molecule has 0 spiro atoms. The van der Waals surface area contributed by atoms with Crippen molar-refractivity contribution in [1.29, 1.82) is 0 Å². The molecule has 3 heterocycles. The van der Waals surface area contributed by atoms with E-state index < -0.39 is 23.6 Å². The van der Waals surface area contributed by atoms with Crippen molar-refractivity contribution in [3.8, 4) is 11.3 Å². The van der Waals surface area contributed by atoms with Gasteiger partial charge < -0.3 is 26.0 Å². The van der Waals surface area contributed by atoms with E-state index in [0.717, 1.165) is 18.9 Å². The third kappa shape index (κ3) is 3.97. The minimum Gasteiger partial charge on any atom is -0.395 e. The molecule has 2 amide bonds. The quantitative estimate of drug-likeness (QED) is 0.421. The SMILES string of the molecule is C[C@@H](C1CC1)N1Cc2cc(-c3cnc4[nH]c(N)c(C(=O)NCCO)c4n3)cc(C(F)(F)F)c2C1=O. The van der Waals surface area contributed by atoms with E-state index in [0.29, 0.717) is 5.92 Å². The first-order valence-electron chi connectivity index (χ1n) is 11.2. The predicted octanol–water partition coefficient (Wildman–Crippen LogP) is 2.70. The summed E-state index contributed by atoms with van der Waals surface area (Å²) in [7, 11) is 0. The zero-order valence-corrected chi connectivity index (χ0v) is 18.7. The van der Waals surface area contributed by atoms with Crippen LogP contribution in [0.1, 0.15) is 51.6 Å². The second kappa shape index (κ2) is 8.22. The van der Waals surface area contributed by atoms with Crippen molar-refractivity contribution in [2.75, 3.05) is 18.9 Å². The fraction of sp³-hybridized carbons (Fsp3) is 0.391. The van der Waals surface area contributed by atoms with E-state index in [9.17, 15) is 22.8 Å². The minimum atomic E-state index is -4.75. The highest BCUT2D eigenvalue weighted by Gasteiger charge is 2.44. The van der Waals surface area contributed by atoms with Gasteiger partial charge in [0.2, 0.25) is 0 Å². The Hall–Kier alpha value is -3.67. The van der Waals surface area contributed by atoms with Gasteiger partial charge in [-0.25, -0.2) is 9.97 Å². The molecule has 1 aliphatic heterocycles. The number of hydrogen-bond donors (Lipinski definition) is 4. The van der Waals surface area contributed by atoms with Crippen LogP contribution in [0.3, 0.4) is 0 Å². The van der Waals surface area contributed by atoms with Gasteiger partial charge in [-0.05, 0) is 43.4 Å². The number of alkyl halides is 3. The summed E-state index contributed by atoms with van der Waals surface area (Å²) in [5.74, 6) is -0.909. The van der Waals surface area contributed by atoms with Gasteiger partial charge in [-0.15, -0.1) is 0 Å². The van der Waals surface area contributed by atoms with Crippen molar-refractivity contribution in [1.82, 2.24) is 25.2 Å². The van der Waals surface area contributed by atoms with Gasteiger partial charge in [0.15, 0.2) is 5.65 Å². The Labute approximate surface area is 197 Å². The van der Waals surface area contributed by atoms with E-state index in [-0.39, 0.29) is 70.7 Å². The van der Waals surface area contributed by atoms with E-state index in [1.165, 1.54) is 17.2 Å². The largest absolute Gasteiger partial charge is 0.417 e. The molecule has 1 atom stereocenters. The molecule has 2 aliphatic rings. The summed E-state index contributed by atoms with van der Waals surface area (Å²) in [6.45, 7) is 1.66. The molecule has 0 saturated heterocycles. The molecule has 35 heavy (non-hydrogen) atoms. The molecule has 184 valence electrons. The van der Waals surface area contributed by atoms with Crippen molar-refractivity contribution in [3.05, 3.63) is 40.6 Å². The van der Waals surface area contributed by atoms with Crippen molar-refractivity contribution in [2.45, 2.75) is 38.5 Å². The number of benzene rings is 1. The normalized spacial score (nSPS) is 16.6. The highest BCUT2D eigenvalue weighted by Crippen LogP contribution is 2.43. The highest BCUT2D eigenvalue weighted by molar-refractivity contribution is 6.09. The lowest BCUT2D eigenvalue weighted by molar-refractivity contribution is -0.137. The number of aromatic amines is 1. The van der Waals surface area contributed by atoms with Crippen LogP contribution in [-0.4, -0.2) is 56.0 Å². The maximum atomic E-state index is 14.1. The van der Waals surface area contributed by atoms with Crippen molar-refractivity contribution in [2.24, 2.45) is 5.92 Å². The van der Waals surface area contributed by atoms with Crippen LogP contribution < -0.4 is 11.1 Å². The minimum absolute atomic E-state index is 0.00664. The Kier molecular flexibility index (Phi) is 5.42. The van der Waals surface area contributed by atoms with E-state index in [4.69, 9.17) is 10.8 Å². The zero-order chi connectivity index (χ0) is 25.1. The highest BCUT2D eigenvalue weighted by atomic mass is 19.4. The molecule has 1 aromatic carbocycles. The molecule has 0 unspecified atom stereocenters. The van der Waals surface area contributed by atoms with Crippen molar-refractivity contribution >= 4 is 28.8 Å². The number of carbonyl (C=O) groups is 2. The number of nitrogens with two attached hydrogens (primary N) is 1. The third-order valence-corrected chi connectivity index (χ3v) is 6.59. The first kappa shape index (κ1) is 23.1. The monoisotopic (exact) mass is 488 g/mol. The van der Waals surface area contributed by atoms with Crippen LogP contribution in [0, 0.1) is 5.92 Å². The zero-order valence-electron chi connectivity index (χ0n) is 18.7. The lowest BCUT2D eigenvalue weighted by atomic mass is 9.97. The molecular weight excluding hydrogens is 465 g/mol. The average Bonchev–Trinajstić information content (AvgIpc) is 3.53. The number of hydrogen-bond acceptors (Lipinski definition) is 6. The van der Waals surface area contributed by atoms with Gasteiger partial charge in [0.1, 0.15) is 16.9 Å². The van der Waals surface area contributed by atoms with Crippen LogP contribution in [0.2, 0.25) is 0 Å². The Morgan fingerprint density at radius 3 is 2.77 bits per heavy atom. The van der Waals surface area contributed by atoms with Crippen molar-refractivity contribution in [3.63, 3.8) is 0 Å². The first-order chi connectivity index (χ1) is 16.6. The lowest BCUT2D eigenvalue weighted by Gasteiger charge is -2.24. The van der Waals surface area contributed by atoms with E-state index in [1.54, 1.807) is 0 Å². The molecular formula is C23H23F3N6O3. The molecule has 9 nitrogen and oxygen atoms in total. The molecule has 2 aromatic heterocycles. The summed E-state index contributed by atoms with van der Waals surface area (Å²) >= 11 is 0. The second-order valence-electron chi connectivity index (χ2n) is 8.91. The topological polar surface area (TPSA) is 137 Å². The number of aromatic nitrogens is 3. The van der Waals surface area contributed by atoms with Crippen LogP contribution in [0.25, 0.3) is 22.4 Å². The summed E-state index contributed by atoms with van der Waals surface area (Å²) in [6.07, 6.45) is -1.54. The second-order valence-corrected chi connectivity index (χ2v) is 8.91. The standard InChI is InChI=1S/C23H23F3N6O3/c1-10(11-2-3-11)32-9-13-6-12(7-14(23(24,25)26)16(13)22(32)35)15-8-29-20-18(30-15)17(19(27)31-20)21(34)28-4-5-33/h6-8,10-11,33H,2-5,9,27H2,1H3,(H,28,34)(H,29,31)/t10-/m0/s1. The maximum absolute atomic E-state index is 14.1. The van der Waals surface area contributed by atoms with Crippen LogP contribution in [0.5, 0.6) is 0 Å². The number of aliphatic hydroxyl groups excluding tert-OH is 1. The number of anilines is 1.